The van der Waals surface area contributed by atoms with E-state index in [2.05, 4.69) is 202 Å². The van der Waals surface area contributed by atoms with Crippen LogP contribution in [0.3, 0.4) is 0 Å². The first-order valence-electron chi connectivity index (χ1n) is 21.9. The average Bonchev–Trinajstić information content (AvgIpc) is 3.73. The normalized spacial score (nSPS) is 11.4. The molecular weight excluding hydrogens is 974 g/mol. The van der Waals surface area contributed by atoms with Gasteiger partial charge in [-0.1, -0.05) is 183 Å². The van der Waals surface area contributed by atoms with Crippen molar-refractivity contribution in [1.82, 2.24) is 14.5 Å². The molecule has 2 aromatic heterocycles. The topological polar surface area (TPSA) is 50.9 Å². The number of fused-ring (bicyclic) bond motifs is 1. The number of phenolic OH excluding ortho intramolecular Hbond substituents is 1. The number of nitrogens with zero attached hydrogens (tertiary/aromatic N) is 3. The largest absolute Gasteiger partial charge is 0.507 e. The summed E-state index contributed by atoms with van der Waals surface area (Å²) in [5.74, 6) is 0.892. The van der Waals surface area contributed by atoms with Crippen LogP contribution in [0.15, 0.2) is 194 Å². The Morgan fingerprint density at radius 1 is 0.508 bits per heavy atom. The van der Waals surface area contributed by atoms with Crippen LogP contribution in [0.5, 0.6) is 5.75 Å². The predicted molar refractivity (Wildman–Crippen MR) is 266 cm³/mol. The fourth-order valence-corrected chi connectivity index (χ4v) is 8.75. The molecular formula is C60H48N3OPt-. The standard InChI is InChI=1S/C60H48N3O.Pt/c1-39-30-40(2)58(64)54(31-39)59-62-57-53(22-15-23-56(57)63(59)52-36-48(43-20-13-8-14-21-43)35-51(38-52)60(3,4)5)49-32-47(42-18-11-7-12-19-42)33-50(34-49)55-37-46(28-29-61-55)45-26-24-44(25-27-45)41-16-9-6-10-17-41;/h6-33,35-38,64H,1-5H3;/q-1;. The van der Waals surface area contributed by atoms with Crippen LogP contribution in [0.25, 0.3) is 95.0 Å². The van der Waals surface area contributed by atoms with E-state index >= 15 is 0 Å². The van der Waals surface area contributed by atoms with Crippen LogP contribution >= 0.6 is 0 Å². The molecule has 0 bridgehead atoms. The summed E-state index contributed by atoms with van der Waals surface area (Å²) in [7, 11) is 0. The molecule has 0 saturated heterocycles. The van der Waals surface area contributed by atoms with Gasteiger partial charge in [0.25, 0.3) is 0 Å². The van der Waals surface area contributed by atoms with Gasteiger partial charge >= 0.3 is 0 Å². The van der Waals surface area contributed by atoms with Crippen LogP contribution in [-0.2, 0) is 26.5 Å². The van der Waals surface area contributed by atoms with Crippen molar-refractivity contribution in [3.63, 3.8) is 0 Å². The Kier molecular flexibility index (Phi) is 11.8. The van der Waals surface area contributed by atoms with E-state index in [1.165, 1.54) is 16.7 Å². The fourth-order valence-electron chi connectivity index (χ4n) is 8.75. The van der Waals surface area contributed by atoms with Crippen molar-refractivity contribution in [1.29, 1.82) is 0 Å². The molecule has 0 fully saturated rings. The summed E-state index contributed by atoms with van der Waals surface area (Å²) >= 11 is 0. The molecule has 0 aliphatic carbocycles. The molecule has 0 aliphatic rings. The summed E-state index contributed by atoms with van der Waals surface area (Å²) in [4.78, 5) is 10.5. The minimum atomic E-state index is -0.135. The van der Waals surface area contributed by atoms with Gasteiger partial charge in [-0.15, -0.1) is 23.8 Å². The Hall–Kier alpha value is -7.13. The van der Waals surface area contributed by atoms with Gasteiger partial charge in [0.15, 0.2) is 0 Å². The Morgan fingerprint density at radius 2 is 1.08 bits per heavy atom. The molecule has 10 aromatic rings. The van der Waals surface area contributed by atoms with E-state index in [-0.39, 0.29) is 32.2 Å². The minimum absolute atomic E-state index is 0. The second-order valence-corrected chi connectivity index (χ2v) is 17.7. The maximum Gasteiger partial charge on any atom is 0.148 e. The number of hydrogen-bond acceptors (Lipinski definition) is 3. The van der Waals surface area contributed by atoms with Gasteiger partial charge in [0.2, 0.25) is 0 Å². The number of phenols is 1. The van der Waals surface area contributed by atoms with E-state index in [0.29, 0.717) is 11.4 Å². The molecule has 320 valence electrons. The molecule has 0 aliphatic heterocycles. The van der Waals surface area contributed by atoms with Gasteiger partial charge in [-0.3, -0.25) is 9.55 Å². The number of aromatic nitrogens is 3. The number of para-hydroxylation sites is 1. The van der Waals surface area contributed by atoms with Crippen LogP contribution in [0.4, 0.5) is 0 Å². The number of imidazole rings is 1. The van der Waals surface area contributed by atoms with Crippen LogP contribution in [0, 0.1) is 19.9 Å². The van der Waals surface area contributed by atoms with E-state index in [4.69, 9.17) is 9.97 Å². The third-order valence-electron chi connectivity index (χ3n) is 12.1. The molecule has 0 unspecified atom stereocenters. The van der Waals surface area contributed by atoms with E-state index < -0.39 is 0 Å². The van der Waals surface area contributed by atoms with Gasteiger partial charge < -0.3 is 5.11 Å². The number of hydrogen-bond donors (Lipinski definition) is 1. The van der Waals surface area contributed by atoms with Crippen molar-refractivity contribution in [2.75, 3.05) is 0 Å². The van der Waals surface area contributed by atoms with Gasteiger partial charge in [0, 0.05) is 38.6 Å². The van der Waals surface area contributed by atoms with E-state index in [1.807, 2.05) is 37.4 Å². The molecule has 10 rings (SSSR count). The summed E-state index contributed by atoms with van der Waals surface area (Å²) in [5.41, 5.74) is 18.8. The van der Waals surface area contributed by atoms with Gasteiger partial charge in [-0.25, -0.2) is 4.98 Å². The molecule has 0 spiro atoms. The molecule has 2 heterocycles. The maximum absolute atomic E-state index is 11.8. The summed E-state index contributed by atoms with van der Waals surface area (Å²) < 4.78 is 2.23. The van der Waals surface area contributed by atoms with E-state index in [9.17, 15) is 5.11 Å². The molecule has 0 amide bonds. The monoisotopic (exact) mass is 1020 g/mol. The van der Waals surface area contributed by atoms with Gasteiger partial charge in [0.05, 0.1) is 16.6 Å². The van der Waals surface area contributed by atoms with Crippen LogP contribution < -0.4 is 0 Å². The SMILES string of the molecule is Cc1cc(C)c(O)c(-c2nc3c(-c4[c-]c(-c5cc(-c6ccc(-c7ccccc7)cc6)ccn5)cc(-c5ccccc5)c4)cccc3n2-c2cc(-c3ccccc3)cc(C(C)(C)C)c2)c1.[Pt]. The molecule has 1 N–H and O–H groups in total. The number of aryl methyl sites for hydroxylation is 2. The van der Waals surface area contributed by atoms with Gasteiger partial charge in [0.1, 0.15) is 11.6 Å². The summed E-state index contributed by atoms with van der Waals surface area (Å²) in [6, 6.07) is 69.9. The molecule has 65 heavy (non-hydrogen) atoms. The quantitative estimate of drug-likeness (QED) is 0.154. The molecule has 4 nitrogen and oxygen atoms in total. The van der Waals surface area contributed by atoms with Crippen LogP contribution in [-0.4, -0.2) is 19.6 Å². The third kappa shape index (κ3) is 8.63. The summed E-state index contributed by atoms with van der Waals surface area (Å²) in [5, 5.41) is 11.8. The van der Waals surface area contributed by atoms with Crippen molar-refractivity contribution in [3.05, 3.63) is 217 Å². The summed E-state index contributed by atoms with van der Waals surface area (Å²) in [6.07, 6.45) is 1.89. The van der Waals surface area contributed by atoms with Gasteiger partial charge in [-0.05, 0) is 105 Å². The van der Waals surface area contributed by atoms with E-state index in [1.54, 1.807) is 0 Å². The number of rotatable bonds is 8. The number of pyridine rings is 1. The fraction of sp³-hybridized carbons (Fsp3) is 0.100. The smallest absolute Gasteiger partial charge is 0.148 e. The van der Waals surface area contributed by atoms with Crippen molar-refractivity contribution >= 4 is 11.0 Å². The predicted octanol–water partition coefficient (Wildman–Crippen LogP) is 15.5. The number of aromatic hydroxyl groups is 1. The Balaban J connectivity index is 0.00000533. The van der Waals surface area contributed by atoms with Gasteiger partial charge in [-0.2, -0.15) is 0 Å². The average molecular weight is 1020 g/mol. The molecule has 0 atom stereocenters. The zero-order valence-electron chi connectivity index (χ0n) is 37.1. The zero-order chi connectivity index (χ0) is 44.0. The molecule has 8 aromatic carbocycles. The molecule has 0 radical (unpaired) electrons. The van der Waals surface area contributed by atoms with Crippen LogP contribution in [0.2, 0.25) is 0 Å². The Labute approximate surface area is 396 Å². The third-order valence-corrected chi connectivity index (χ3v) is 12.1. The number of benzene rings is 8. The van der Waals surface area contributed by atoms with Crippen LogP contribution in [0.1, 0.15) is 37.5 Å². The second kappa shape index (κ2) is 17.8. The molecule has 0 saturated carbocycles. The molecule has 5 heteroatoms. The minimum Gasteiger partial charge on any atom is -0.507 e. The Bertz CT molecular complexity index is 3310. The summed E-state index contributed by atoms with van der Waals surface area (Å²) in [6.45, 7) is 10.8. The van der Waals surface area contributed by atoms with E-state index in [0.717, 1.165) is 83.6 Å². The van der Waals surface area contributed by atoms with Crippen molar-refractivity contribution in [2.24, 2.45) is 0 Å². The first-order valence-corrected chi connectivity index (χ1v) is 21.9. The van der Waals surface area contributed by atoms with Crippen molar-refractivity contribution in [2.45, 2.75) is 40.0 Å². The maximum atomic E-state index is 11.8. The van der Waals surface area contributed by atoms with Crippen molar-refractivity contribution in [3.8, 4) is 89.7 Å². The first-order chi connectivity index (χ1) is 31.1. The zero-order valence-corrected chi connectivity index (χ0v) is 39.4. The Morgan fingerprint density at radius 3 is 1.71 bits per heavy atom. The first kappa shape index (κ1) is 43.1. The second-order valence-electron chi connectivity index (χ2n) is 17.7. The van der Waals surface area contributed by atoms with Crippen molar-refractivity contribution < 1.29 is 26.2 Å².